The van der Waals surface area contributed by atoms with Crippen molar-refractivity contribution >= 4 is 21.6 Å². The summed E-state index contributed by atoms with van der Waals surface area (Å²) in [6, 6.07) is 18.5. The molecule has 3 aromatic rings. The van der Waals surface area contributed by atoms with Gasteiger partial charge in [0.2, 0.25) is 5.91 Å². The van der Waals surface area contributed by atoms with Gasteiger partial charge in [0, 0.05) is 6.54 Å². The van der Waals surface area contributed by atoms with E-state index in [1.165, 1.54) is 30.3 Å². The number of nitrogens with one attached hydrogen (secondary N) is 1. The van der Waals surface area contributed by atoms with Gasteiger partial charge in [0.25, 0.3) is 10.0 Å². The van der Waals surface area contributed by atoms with Crippen LogP contribution in [0.1, 0.15) is 16.7 Å². The Morgan fingerprint density at radius 2 is 1.59 bits per heavy atom. The third-order valence-electron chi connectivity index (χ3n) is 4.82. The number of sulfonamides is 1. The molecular formula is C23H21F3N2O3S. The highest BCUT2D eigenvalue weighted by atomic mass is 32.2. The molecule has 0 bridgehead atoms. The van der Waals surface area contributed by atoms with E-state index in [1.54, 1.807) is 6.07 Å². The maximum atomic E-state index is 13.2. The molecule has 168 valence electrons. The number of carbonyl (C=O) groups excluding carboxylic acids is 1. The van der Waals surface area contributed by atoms with E-state index >= 15 is 0 Å². The number of halogens is 3. The third kappa shape index (κ3) is 5.47. The summed E-state index contributed by atoms with van der Waals surface area (Å²) in [5.41, 5.74) is 0.523. The van der Waals surface area contributed by atoms with Crippen LogP contribution in [0.5, 0.6) is 0 Å². The molecule has 0 unspecified atom stereocenters. The summed E-state index contributed by atoms with van der Waals surface area (Å²) >= 11 is 0. The lowest BCUT2D eigenvalue weighted by atomic mass is 10.1. The van der Waals surface area contributed by atoms with Crippen molar-refractivity contribution in [1.29, 1.82) is 0 Å². The number of alkyl halides is 3. The second-order valence-corrected chi connectivity index (χ2v) is 8.94. The number of rotatable bonds is 7. The Hall–Kier alpha value is -3.33. The van der Waals surface area contributed by atoms with Crippen LogP contribution in [0.3, 0.4) is 0 Å². The van der Waals surface area contributed by atoms with E-state index in [-0.39, 0.29) is 17.1 Å². The lowest BCUT2D eigenvalue weighted by molar-refractivity contribution is -0.137. The largest absolute Gasteiger partial charge is 0.416 e. The van der Waals surface area contributed by atoms with E-state index in [9.17, 15) is 26.4 Å². The van der Waals surface area contributed by atoms with Crippen LogP contribution in [0, 0.1) is 6.92 Å². The first-order valence-corrected chi connectivity index (χ1v) is 11.1. The van der Waals surface area contributed by atoms with E-state index in [0.717, 1.165) is 29.3 Å². The highest BCUT2D eigenvalue weighted by Gasteiger charge is 2.33. The van der Waals surface area contributed by atoms with Crippen molar-refractivity contribution in [1.82, 2.24) is 5.32 Å². The smallest absolute Gasteiger partial charge is 0.350 e. The van der Waals surface area contributed by atoms with Crippen molar-refractivity contribution in [2.24, 2.45) is 0 Å². The number of carbonyl (C=O) groups is 1. The Balaban J connectivity index is 1.93. The van der Waals surface area contributed by atoms with Crippen LogP contribution in [0.2, 0.25) is 0 Å². The molecule has 0 aromatic heterocycles. The number of hydrogen-bond donors (Lipinski definition) is 1. The van der Waals surface area contributed by atoms with Crippen LogP contribution in [0.4, 0.5) is 18.9 Å². The molecule has 0 spiro atoms. The molecule has 3 rings (SSSR count). The summed E-state index contributed by atoms with van der Waals surface area (Å²) in [6.07, 6.45) is -4.66. The van der Waals surface area contributed by atoms with Gasteiger partial charge < -0.3 is 5.32 Å². The Morgan fingerprint density at radius 1 is 0.938 bits per heavy atom. The van der Waals surface area contributed by atoms with E-state index in [4.69, 9.17) is 0 Å². The lowest BCUT2D eigenvalue weighted by Crippen LogP contribution is -2.40. The van der Waals surface area contributed by atoms with Gasteiger partial charge in [0.15, 0.2) is 0 Å². The molecule has 0 aliphatic carbocycles. The van der Waals surface area contributed by atoms with Crippen molar-refractivity contribution in [3.05, 3.63) is 95.6 Å². The maximum Gasteiger partial charge on any atom is 0.416 e. The average Bonchev–Trinajstić information content (AvgIpc) is 2.77. The molecule has 5 nitrogen and oxygen atoms in total. The molecule has 1 amide bonds. The van der Waals surface area contributed by atoms with Crippen molar-refractivity contribution in [3.63, 3.8) is 0 Å². The van der Waals surface area contributed by atoms with E-state index in [2.05, 4.69) is 5.32 Å². The maximum absolute atomic E-state index is 13.2. The minimum atomic E-state index is -4.66. The molecule has 0 saturated carbocycles. The molecule has 1 N–H and O–H groups in total. The van der Waals surface area contributed by atoms with Crippen LogP contribution in [0.25, 0.3) is 0 Å². The average molecular weight is 462 g/mol. The molecule has 32 heavy (non-hydrogen) atoms. The number of aryl methyl sites for hydroxylation is 1. The topological polar surface area (TPSA) is 66.5 Å². The Labute approximate surface area is 184 Å². The molecule has 0 saturated heterocycles. The molecule has 0 aliphatic rings. The zero-order chi connectivity index (χ0) is 23.4. The highest BCUT2D eigenvalue weighted by molar-refractivity contribution is 7.92. The minimum absolute atomic E-state index is 0.135. The van der Waals surface area contributed by atoms with Crippen LogP contribution in [0.15, 0.2) is 83.8 Å². The summed E-state index contributed by atoms with van der Waals surface area (Å²) in [6.45, 7) is 1.36. The first kappa shape index (κ1) is 23.3. The highest BCUT2D eigenvalue weighted by Crippen LogP contribution is 2.33. The van der Waals surface area contributed by atoms with E-state index in [0.29, 0.717) is 4.31 Å². The number of amides is 1. The van der Waals surface area contributed by atoms with Gasteiger partial charge in [0.1, 0.15) is 6.54 Å². The summed E-state index contributed by atoms with van der Waals surface area (Å²) < 4.78 is 66.8. The Kier molecular flexibility index (Phi) is 6.88. The normalized spacial score (nSPS) is 11.8. The molecule has 0 fully saturated rings. The third-order valence-corrected chi connectivity index (χ3v) is 6.61. The number of benzene rings is 3. The van der Waals surface area contributed by atoms with Crippen LogP contribution < -0.4 is 9.62 Å². The summed E-state index contributed by atoms with van der Waals surface area (Å²) in [7, 11) is -4.30. The molecule has 0 heterocycles. The van der Waals surface area contributed by atoms with Crippen molar-refractivity contribution in [2.75, 3.05) is 10.8 Å². The van der Waals surface area contributed by atoms with Crippen LogP contribution in [-0.2, 0) is 27.5 Å². The van der Waals surface area contributed by atoms with Gasteiger partial charge in [-0.15, -0.1) is 0 Å². The first-order valence-electron chi connectivity index (χ1n) is 9.65. The van der Waals surface area contributed by atoms with Gasteiger partial charge in [-0.25, -0.2) is 8.42 Å². The Bertz CT molecular complexity index is 1200. The zero-order valence-electron chi connectivity index (χ0n) is 17.1. The van der Waals surface area contributed by atoms with E-state index in [1.807, 2.05) is 31.2 Å². The van der Waals surface area contributed by atoms with Gasteiger partial charge in [0.05, 0.1) is 16.1 Å². The quantitative estimate of drug-likeness (QED) is 0.561. The summed E-state index contributed by atoms with van der Waals surface area (Å²) in [5, 5.41) is 2.64. The standard InChI is InChI=1S/C23H21F3N2O3S/c1-17-8-5-6-9-18(17)15-27-22(29)16-28(32(30,31)21-12-3-2-4-13-21)20-11-7-10-19(14-20)23(24,25)26/h2-14H,15-16H2,1H3,(H,27,29). The van der Waals surface area contributed by atoms with E-state index < -0.39 is 34.2 Å². The molecule has 0 aliphatic heterocycles. The summed E-state index contributed by atoms with van der Waals surface area (Å²) in [5.74, 6) is -0.648. The van der Waals surface area contributed by atoms with Gasteiger partial charge in [-0.3, -0.25) is 9.10 Å². The SMILES string of the molecule is Cc1ccccc1CNC(=O)CN(c1cccc(C(F)(F)F)c1)S(=O)(=O)c1ccccc1. The van der Waals surface area contributed by atoms with Crippen LogP contribution in [-0.4, -0.2) is 20.9 Å². The predicted octanol–water partition coefficient (Wildman–Crippen LogP) is 4.53. The van der Waals surface area contributed by atoms with Gasteiger partial charge in [-0.1, -0.05) is 48.5 Å². The fourth-order valence-electron chi connectivity index (χ4n) is 3.06. The fourth-order valence-corrected chi connectivity index (χ4v) is 4.49. The lowest BCUT2D eigenvalue weighted by Gasteiger charge is -2.25. The summed E-state index contributed by atoms with van der Waals surface area (Å²) in [4.78, 5) is 12.5. The zero-order valence-corrected chi connectivity index (χ0v) is 18.0. The van der Waals surface area contributed by atoms with Gasteiger partial charge >= 0.3 is 6.18 Å². The second-order valence-electron chi connectivity index (χ2n) is 7.08. The number of nitrogens with zero attached hydrogens (tertiary/aromatic N) is 1. The van der Waals surface area contributed by atoms with Crippen molar-refractivity contribution in [2.45, 2.75) is 24.5 Å². The first-order chi connectivity index (χ1) is 15.1. The molecule has 9 heteroatoms. The van der Waals surface area contributed by atoms with Gasteiger partial charge in [-0.05, 0) is 48.4 Å². The predicted molar refractivity (Wildman–Crippen MR) is 115 cm³/mol. The molecule has 3 aromatic carbocycles. The Morgan fingerprint density at radius 3 is 2.25 bits per heavy atom. The minimum Gasteiger partial charge on any atom is -0.350 e. The van der Waals surface area contributed by atoms with Gasteiger partial charge in [-0.2, -0.15) is 13.2 Å². The number of hydrogen-bond acceptors (Lipinski definition) is 3. The monoisotopic (exact) mass is 462 g/mol. The fraction of sp³-hybridized carbons (Fsp3) is 0.174. The second kappa shape index (κ2) is 9.44. The van der Waals surface area contributed by atoms with Crippen molar-refractivity contribution < 1.29 is 26.4 Å². The van der Waals surface area contributed by atoms with Crippen LogP contribution >= 0.6 is 0 Å². The molecule has 0 radical (unpaired) electrons. The van der Waals surface area contributed by atoms with Crippen molar-refractivity contribution in [3.8, 4) is 0 Å². The number of anilines is 1. The molecular weight excluding hydrogens is 441 g/mol. The molecule has 0 atom stereocenters.